The topological polar surface area (TPSA) is 59.3 Å². The van der Waals surface area contributed by atoms with Gasteiger partial charge in [0.1, 0.15) is 11.6 Å². The van der Waals surface area contributed by atoms with Crippen molar-refractivity contribution in [2.24, 2.45) is 0 Å². The van der Waals surface area contributed by atoms with E-state index in [1.54, 1.807) is 12.1 Å². The van der Waals surface area contributed by atoms with Crippen LogP contribution in [0, 0.1) is 11.6 Å². The number of rotatable bonds is 6. The molecule has 0 spiro atoms. The Hall–Kier alpha value is -2.91. The molecule has 0 N–H and O–H groups in total. The van der Waals surface area contributed by atoms with Crippen LogP contribution in [0.5, 0.6) is 0 Å². The number of hydrogen-bond donors (Lipinski definition) is 0. The van der Waals surface area contributed by atoms with E-state index in [1.165, 1.54) is 24.3 Å². The number of anilines is 1. The summed E-state index contributed by atoms with van der Waals surface area (Å²) in [4.78, 5) is 4.57. The zero-order valence-corrected chi connectivity index (χ0v) is 17.8. The third-order valence-corrected chi connectivity index (χ3v) is 6.26. The lowest BCUT2D eigenvalue weighted by Crippen LogP contribution is -2.48. The molecule has 2 aliphatic rings. The quantitative estimate of drug-likeness (QED) is 0.587. The van der Waals surface area contributed by atoms with Crippen LogP contribution in [0.2, 0.25) is 0 Å². The van der Waals surface area contributed by atoms with Gasteiger partial charge in [0.15, 0.2) is 5.82 Å². The number of aromatic nitrogens is 4. The molecule has 0 radical (unpaired) electrons. The van der Waals surface area contributed by atoms with Crippen molar-refractivity contribution in [2.75, 3.05) is 37.7 Å². The van der Waals surface area contributed by atoms with Crippen molar-refractivity contribution in [3.8, 4) is 0 Å². The van der Waals surface area contributed by atoms with Gasteiger partial charge in [0, 0.05) is 38.5 Å². The van der Waals surface area contributed by atoms with Gasteiger partial charge in [0.2, 0.25) is 0 Å². The van der Waals surface area contributed by atoms with Crippen LogP contribution in [0.25, 0.3) is 0 Å². The van der Waals surface area contributed by atoms with Gasteiger partial charge in [-0.2, -0.15) is 0 Å². The summed E-state index contributed by atoms with van der Waals surface area (Å²) < 4.78 is 34.6. The standard InChI is InChI=1S/C23H26F2N6O/c24-18-5-3-17(4-6-18)22(23-26-27-28-31(23)16-21-2-1-15-32-21)30-13-11-29(12-14-30)20-9-7-19(25)8-10-20/h3-10,21-22H,1-2,11-16H2. The molecule has 9 heteroatoms. The number of ether oxygens (including phenoxy) is 1. The summed E-state index contributed by atoms with van der Waals surface area (Å²) in [7, 11) is 0. The number of benzene rings is 2. The first-order valence-electron chi connectivity index (χ1n) is 11.0. The molecule has 2 unspecified atom stereocenters. The number of nitrogens with zero attached hydrogens (tertiary/aromatic N) is 6. The zero-order chi connectivity index (χ0) is 21.9. The highest BCUT2D eigenvalue weighted by molar-refractivity contribution is 5.46. The summed E-state index contributed by atoms with van der Waals surface area (Å²) in [6.07, 6.45) is 2.16. The van der Waals surface area contributed by atoms with Crippen LogP contribution in [-0.2, 0) is 11.3 Å². The van der Waals surface area contributed by atoms with Gasteiger partial charge < -0.3 is 9.64 Å². The molecule has 2 fully saturated rings. The van der Waals surface area contributed by atoms with Crippen LogP contribution in [0.1, 0.15) is 30.3 Å². The van der Waals surface area contributed by atoms with Crippen molar-refractivity contribution >= 4 is 5.69 Å². The molecular weight excluding hydrogens is 414 g/mol. The minimum absolute atomic E-state index is 0.112. The first-order chi connectivity index (χ1) is 15.7. The molecule has 0 amide bonds. The van der Waals surface area contributed by atoms with E-state index in [9.17, 15) is 8.78 Å². The van der Waals surface area contributed by atoms with Crippen LogP contribution in [0.3, 0.4) is 0 Å². The highest BCUT2D eigenvalue weighted by Crippen LogP contribution is 2.30. The van der Waals surface area contributed by atoms with E-state index >= 15 is 0 Å². The van der Waals surface area contributed by atoms with Gasteiger partial charge >= 0.3 is 0 Å². The number of hydrogen-bond acceptors (Lipinski definition) is 6. The SMILES string of the molecule is Fc1ccc(C(c2nnnn2CC2CCCO2)N2CCN(c3ccc(F)cc3)CC2)cc1. The fraction of sp³-hybridized carbons (Fsp3) is 0.435. The summed E-state index contributed by atoms with van der Waals surface area (Å²) in [5, 5.41) is 12.6. The maximum absolute atomic E-state index is 13.6. The van der Waals surface area contributed by atoms with Crippen LogP contribution >= 0.6 is 0 Å². The lowest BCUT2D eigenvalue weighted by Gasteiger charge is -2.40. The molecule has 5 rings (SSSR count). The number of piperazine rings is 1. The predicted molar refractivity (Wildman–Crippen MR) is 115 cm³/mol. The predicted octanol–water partition coefficient (Wildman–Crippen LogP) is 3.04. The normalized spacial score (nSPS) is 20.6. The zero-order valence-electron chi connectivity index (χ0n) is 17.8. The van der Waals surface area contributed by atoms with Crippen LogP contribution < -0.4 is 4.90 Å². The van der Waals surface area contributed by atoms with Crippen LogP contribution in [0.4, 0.5) is 14.5 Å². The lowest BCUT2D eigenvalue weighted by molar-refractivity contribution is 0.0906. The van der Waals surface area contributed by atoms with Gasteiger partial charge in [-0.1, -0.05) is 12.1 Å². The maximum Gasteiger partial charge on any atom is 0.173 e. The Morgan fingerprint density at radius 3 is 2.28 bits per heavy atom. The minimum atomic E-state index is -0.271. The Kier molecular flexibility index (Phi) is 6.09. The second kappa shape index (κ2) is 9.30. The average Bonchev–Trinajstić information content (AvgIpc) is 3.49. The lowest BCUT2D eigenvalue weighted by atomic mass is 10.0. The molecule has 3 aromatic rings. The summed E-state index contributed by atoms with van der Waals surface area (Å²) in [6, 6.07) is 13.0. The van der Waals surface area contributed by atoms with Gasteiger partial charge in [-0.15, -0.1) is 5.10 Å². The second-order valence-electron chi connectivity index (χ2n) is 8.31. The Morgan fingerprint density at radius 1 is 0.938 bits per heavy atom. The summed E-state index contributed by atoms with van der Waals surface area (Å²) in [6.45, 7) is 4.50. The van der Waals surface area contributed by atoms with Crippen molar-refractivity contribution in [1.82, 2.24) is 25.1 Å². The first-order valence-corrected chi connectivity index (χ1v) is 11.0. The largest absolute Gasteiger partial charge is 0.376 e. The Morgan fingerprint density at radius 2 is 1.62 bits per heavy atom. The Labute approximate surface area is 185 Å². The van der Waals surface area contributed by atoms with Gasteiger partial charge in [0.05, 0.1) is 18.7 Å². The third kappa shape index (κ3) is 4.49. The molecule has 2 aromatic carbocycles. The van der Waals surface area contributed by atoms with E-state index in [0.29, 0.717) is 6.54 Å². The smallest absolute Gasteiger partial charge is 0.173 e. The minimum Gasteiger partial charge on any atom is -0.376 e. The summed E-state index contributed by atoms with van der Waals surface area (Å²) in [5.74, 6) is 0.233. The molecular formula is C23H26F2N6O. The van der Waals surface area contributed by atoms with Gasteiger partial charge in [0.25, 0.3) is 0 Å². The molecule has 2 atom stereocenters. The van der Waals surface area contributed by atoms with Crippen molar-refractivity contribution < 1.29 is 13.5 Å². The van der Waals surface area contributed by atoms with Crippen molar-refractivity contribution in [3.05, 3.63) is 71.6 Å². The molecule has 2 saturated heterocycles. The second-order valence-corrected chi connectivity index (χ2v) is 8.31. The van der Waals surface area contributed by atoms with Gasteiger partial charge in [-0.25, -0.2) is 13.5 Å². The number of halogens is 2. The van der Waals surface area contributed by atoms with E-state index in [4.69, 9.17) is 4.74 Å². The average molecular weight is 440 g/mol. The highest BCUT2D eigenvalue weighted by atomic mass is 19.1. The van der Waals surface area contributed by atoms with Crippen LogP contribution in [0.15, 0.2) is 48.5 Å². The monoisotopic (exact) mass is 440 g/mol. The summed E-state index contributed by atoms with van der Waals surface area (Å²) in [5.41, 5.74) is 1.96. The Balaban J connectivity index is 1.38. The van der Waals surface area contributed by atoms with Crippen molar-refractivity contribution in [1.29, 1.82) is 0 Å². The molecule has 0 aliphatic carbocycles. The molecule has 1 aromatic heterocycles. The van der Waals surface area contributed by atoms with E-state index < -0.39 is 0 Å². The fourth-order valence-electron chi connectivity index (χ4n) is 4.58. The van der Waals surface area contributed by atoms with Gasteiger partial charge in [-0.3, -0.25) is 4.90 Å². The molecule has 3 heterocycles. The molecule has 2 aliphatic heterocycles. The van der Waals surface area contributed by atoms with E-state index in [1.807, 2.05) is 16.8 Å². The Bertz CT molecular complexity index is 1010. The fourth-order valence-corrected chi connectivity index (χ4v) is 4.58. The van der Waals surface area contributed by atoms with Crippen molar-refractivity contribution in [2.45, 2.75) is 31.5 Å². The molecule has 32 heavy (non-hydrogen) atoms. The molecule has 0 saturated carbocycles. The van der Waals surface area contributed by atoms with Crippen LogP contribution in [-0.4, -0.2) is 64.0 Å². The van der Waals surface area contributed by atoms with E-state index in [-0.39, 0.29) is 23.8 Å². The third-order valence-electron chi connectivity index (χ3n) is 6.26. The molecule has 168 valence electrons. The molecule has 0 bridgehead atoms. The van der Waals surface area contributed by atoms with E-state index in [2.05, 4.69) is 25.3 Å². The van der Waals surface area contributed by atoms with Gasteiger partial charge in [-0.05, 0) is 65.2 Å². The van der Waals surface area contributed by atoms with Crippen molar-refractivity contribution in [3.63, 3.8) is 0 Å². The molecule has 7 nitrogen and oxygen atoms in total. The summed E-state index contributed by atoms with van der Waals surface area (Å²) >= 11 is 0. The van der Waals surface area contributed by atoms with E-state index in [0.717, 1.165) is 62.7 Å². The first kappa shape index (κ1) is 21.0. The maximum atomic E-state index is 13.6. The number of tetrazole rings is 1. The highest BCUT2D eigenvalue weighted by Gasteiger charge is 2.31.